The summed E-state index contributed by atoms with van der Waals surface area (Å²) in [6.45, 7) is 3.10. The number of aryl methyl sites for hydroxylation is 1. The van der Waals surface area contributed by atoms with Gasteiger partial charge < -0.3 is 10.5 Å². The van der Waals surface area contributed by atoms with Gasteiger partial charge in [0.2, 0.25) is 0 Å². The first-order valence-electron chi connectivity index (χ1n) is 9.65. The minimum Gasteiger partial charge on any atom is -0.613 e. The highest BCUT2D eigenvalue weighted by Gasteiger charge is 2.28. The molecule has 3 rings (SSSR count). The molecule has 152 valence electrons. The number of rotatable bonds is 7. The van der Waals surface area contributed by atoms with Crippen LogP contribution in [-0.4, -0.2) is 63.6 Å². The van der Waals surface area contributed by atoms with Gasteiger partial charge in [0.15, 0.2) is 0 Å². The van der Waals surface area contributed by atoms with Crippen LogP contribution in [0, 0.1) is 23.5 Å². The summed E-state index contributed by atoms with van der Waals surface area (Å²) in [7, 11) is 0. The molecule has 1 aromatic rings. The van der Waals surface area contributed by atoms with Gasteiger partial charge in [-0.15, -0.1) is 11.8 Å². The van der Waals surface area contributed by atoms with E-state index in [4.69, 9.17) is 5.26 Å². The largest absolute Gasteiger partial charge is 0.613 e. The molecule has 9 nitrogen and oxygen atoms in total. The quantitative estimate of drug-likeness (QED) is 0.525. The number of amides is 1. The van der Waals surface area contributed by atoms with Crippen molar-refractivity contribution >= 4 is 17.7 Å². The number of nitrogens with zero attached hydrogens (tertiary/aromatic N) is 4. The van der Waals surface area contributed by atoms with Crippen molar-refractivity contribution in [3.05, 3.63) is 29.0 Å². The normalized spacial score (nSPS) is 26.5. The van der Waals surface area contributed by atoms with Crippen molar-refractivity contribution in [2.45, 2.75) is 50.7 Å². The zero-order valence-electron chi connectivity index (χ0n) is 16.1. The molecule has 2 atom stereocenters. The fraction of sp³-hybridized carbons (Fsp3) is 0.667. The molecule has 2 fully saturated rings. The van der Waals surface area contributed by atoms with Gasteiger partial charge in [0.25, 0.3) is 5.91 Å². The topological polar surface area (TPSA) is 121 Å². The van der Waals surface area contributed by atoms with Crippen LogP contribution in [0.4, 0.5) is 0 Å². The highest BCUT2D eigenvalue weighted by molar-refractivity contribution is 7.99. The molecule has 0 spiro atoms. The van der Waals surface area contributed by atoms with E-state index >= 15 is 0 Å². The molecule has 1 aromatic heterocycles. The number of hydrogen-bond acceptors (Lipinski definition) is 8. The van der Waals surface area contributed by atoms with Crippen molar-refractivity contribution in [3.8, 4) is 6.07 Å². The molecular formula is C18H27N7O2S. The van der Waals surface area contributed by atoms with E-state index in [1.807, 2.05) is 6.92 Å². The number of quaternary nitrogens is 1. The summed E-state index contributed by atoms with van der Waals surface area (Å²) in [5.74, 6) is 1.48. The molecule has 1 amide bonds. The van der Waals surface area contributed by atoms with Gasteiger partial charge in [-0.3, -0.25) is 19.9 Å². The van der Waals surface area contributed by atoms with Crippen LogP contribution in [-0.2, 0) is 0 Å². The Balaban J connectivity index is 1.35. The lowest BCUT2D eigenvalue weighted by atomic mass is 9.91. The predicted molar refractivity (Wildman–Crippen MR) is 106 cm³/mol. The van der Waals surface area contributed by atoms with Crippen molar-refractivity contribution in [3.63, 3.8) is 0 Å². The number of thioether (sulfide) groups is 1. The smallest absolute Gasteiger partial charge is 0.271 e. The molecule has 3 N–H and O–H groups in total. The Morgan fingerprint density at radius 1 is 1.39 bits per heavy atom. The van der Waals surface area contributed by atoms with Crippen LogP contribution in [0.3, 0.4) is 0 Å². The van der Waals surface area contributed by atoms with E-state index in [2.05, 4.69) is 31.7 Å². The van der Waals surface area contributed by atoms with Crippen LogP contribution in [0.15, 0.2) is 12.4 Å². The predicted octanol–water partition coefficient (Wildman–Crippen LogP) is -0.388. The van der Waals surface area contributed by atoms with Crippen LogP contribution in [0.25, 0.3) is 0 Å². The fourth-order valence-corrected chi connectivity index (χ4v) is 4.71. The SMILES string of the molecule is Cc1cnc(C(=O)NC2CCC([NH+]([O-])NCCN3CSCC3C#N)CC2)cn1. The van der Waals surface area contributed by atoms with Crippen LogP contribution < -0.4 is 15.9 Å². The number of nitriles is 1. The maximum Gasteiger partial charge on any atom is 0.271 e. The second-order valence-corrected chi connectivity index (χ2v) is 8.31. The maximum absolute atomic E-state index is 12.4. The first kappa shape index (κ1) is 21.0. The molecule has 2 aliphatic rings. The minimum absolute atomic E-state index is 0.00737. The van der Waals surface area contributed by atoms with Gasteiger partial charge in [-0.25, -0.2) is 4.98 Å². The Morgan fingerprint density at radius 2 is 2.18 bits per heavy atom. The summed E-state index contributed by atoms with van der Waals surface area (Å²) in [5.41, 5.74) is 4.10. The van der Waals surface area contributed by atoms with Gasteiger partial charge in [0.05, 0.1) is 24.5 Å². The van der Waals surface area contributed by atoms with E-state index in [1.54, 1.807) is 18.0 Å². The summed E-state index contributed by atoms with van der Waals surface area (Å²) in [6.07, 6.45) is 6.15. The van der Waals surface area contributed by atoms with Crippen LogP contribution in [0.5, 0.6) is 0 Å². The maximum atomic E-state index is 12.4. The Morgan fingerprint density at radius 3 is 2.86 bits per heavy atom. The Labute approximate surface area is 169 Å². The van der Waals surface area contributed by atoms with Gasteiger partial charge in [-0.2, -0.15) is 10.7 Å². The summed E-state index contributed by atoms with van der Waals surface area (Å²) in [6, 6.07) is 2.32. The lowest BCUT2D eigenvalue weighted by molar-refractivity contribution is -0.923. The first-order chi connectivity index (χ1) is 13.6. The van der Waals surface area contributed by atoms with Gasteiger partial charge >= 0.3 is 0 Å². The van der Waals surface area contributed by atoms with Crippen molar-refractivity contribution in [1.82, 2.24) is 25.6 Å². The Bertz CT molecular complexity index is 688. The third-order valence-corrected chi connectivity index (χ3v) is 6.33. The lowest BCUT2D eigenvalue weighted by Gasteiger charge is -2.36. The molecule has 1 aliphatic heterocycles. The van der Waals surface area contributed by atoms with Crippen LogP contribution in [0.2, 0.25) is 0 Å². The number of carbonyl (C=O) groups excluding carboxylic acids is 1. The van der Waals surface area contributed by atoms with Crippen molar-refractivity contribution in [2.24, 2.45) is 0 Å². The Hall–Kier alpha value is -1.77. The number of aromatic nitrogens is 2. The van der Waals surface area contributed by atoms with E-state index in [9.17, 15) is 10.0 Å². The van der Waals surface area contributed by atoms with Crippen molar-refractivity contribution in [1.29, 1.82) is 5.26 Å². The van der Waals surface area contributed by atoms with Gasteiger partial charge in [-0.1, -0.05) is 0 Å². The van der Waals surface area contributed by atoms with E-state index in [0.717, 1.165) is 43.0 Å². The highest BCUT2D eigenvalue weighted by Crippen LogP contribution is 2.19. The summed E-state index contributed by atoms with van der Waals surface area (Å²) < 4.78 is 0. The monoisotopic (exact) mass is 405 g/mol. The molecule has 28 heavy (non-hydrogen) atoms. The molecule has 0 bridgehead atoms. The van der Waals surface area contributed by atoms with E-state index in [0.29, 0.717) is 18.8 Å². The highest BCUT2D eigenvalue weighted by atomic mass is 32.2. The second kappa shape index (κ2) is 10.1. The minimum atomic E-state index is -0.212. The van der Waals surface area contributed by atoms with Gasteiger partial charge in [0, 0.05) is 43.3 Å². The molecule has 0 aromatic carbocycles. The van der Waals surface area contributed by atoms with Crippen LogP contribution >= 0.6 is 11.8 Å². The summed E-state index contributed by atoms with van der Waals surface area (Å²) in [4.78, 5) is 22.5. The van der Waals surface area contributed by atoms with Crippen molar-refractivity contribution < 1.29 is 9.97 Å². The molecule has 0 radical (unpaired) electrons. The second-order valence-electron chi connectivity index (χ2n) is 7.31. The van der Waals surface area contributed by atoms with E-state index < -0.39 is 0 Å². The lowest BCUT2D eigenvalue weighted by Crippen LogP contribution is -3.18. The average Bonchev–Trinajstić information content (AvgIpc) is 3.16. The standard InChI is InChI=1S/C18H27N7O2S/c1-13-9-21-17(10-20-13)18(26)23-14-2-4-15(5-3-14)25(27)22-6-7-24-12-28-11-16(24)8-19/h9-10,14-16,22,25H,2-7,11-12H2,1H3,(H,23,26). The zero-order chi connectivity index (χ0) is 19.9. The number of nitrogens with one attached hydrogen (secondary N) is 3. The third kappa shape index (κ3) is 5.62. The Kier molecular flexibility index (Phi) is 7.58. The average molecular weight is 406 g/mol. The zero-order valence-corrected chi connectivity index (χ0v) is 16.9. The van der Waals surface area contributed by atoms with E-state index in [1.165, 1.54) is 6.20 Å². The molecule has 2 heterocycles. The number of carbonyl (C=O) groups is 1. The molecular weight excluding hydrogens is 378 g/mol. The van der Waals surface area contributed by atoms with E-state index in [-0.39, 0.29) is 29.2 Å². The number of hydrogen-bond donors (Lipinski definition) is 3. The fourth-order valence-electron chi connectivity index (χ4n) is 3.55. The van der Waals surface area contributed by atoms with Crippen molar-refractivity contribution in [2.75, 3.05) is 24.7 Å². The molecule has 1 aliphatic carbocycles. The van der Waals surface area contributed by atoms with Crippen LogP contribution in [0.1, 0.15) is 41.9 Å². The molecule has 10 heteroatoms. The molecule has 1 saturated carbocycles. The molecule has 2 unspecified atom stereocenters. The van der Waals surface area contributed by atoms with Gasteiger partial charge in [0.1, 0.15) is 17.8 Å². The summed E-state index contributed by atoms with van der Waals surface area (Å²) >= 11 is 1.75. The number of hydroxylamine groups is 1. The molecule has 1 saturated heterocycles. The van der Waals surface area contributed by atoms with Gasteiger partial charge in [-0.05, 0) is 19.8 Å². The third-order valence-electron chi connectivity index (χ3n) is 5.27. The summed E-state index contributed by atoms with van der Waals surface area (Å²) in [5, 5.41) is 24.6. The first-order valence-corrected chi connectivity index (χ1v) is 10.8.